The lowest BCUT2D eigenvalue weighted by Gasteiger charge is -2.21. The minimum atomic E-state index is -1.07. The summed E-state index contributed by atoms with van der Waals surface area (Å²) in [7, 11) is 0. The van der Waals surface area contributed by atoms with Crippen molar-refractivity contribution in [1.82, 2.24) is 20.6 Å². The van der Waals surface area contributed by atoms with Crippen LogP contribution in [0.2, 0.25) is 0 Å². The second-order valence-corrected chi connectivity index (χ2v) is 8.16. The Kier molecular flexibility index (Phi) is 6.91. The number of imidazole rings is 1. The molecule has 0 bridgehead atoms. The van der Waals surface area contributed by atoms with Gasteiger partial charge in [-0.3, -0.25) is 9.59 Å². The Morgan fingerprint density at radius 3 is 2.29 bits per heavy atom. The van der Waals surface area contributed by atoms with Crippen LogP contribution < -0.4 is 10.6 Å². The fraction of sp³-hybridized carbons (Fsp3) is 0.280. The highest BCUT2D eigenvalue weighted by molar-refractivity contribution is 5.86. The van der Waals surface area contributed by atoms with Crippen LogP contribution in [0, 0.1) is 0 Å². The van der Waals surface area contributed by atoms with Crippen molar-refractivity contribution in [2.45, 2.75) is 37.8 Å². The van der Waals surface area contributed by atoms with Crippen molar-refractivity contribution in [2.75, 3.05) is 6.61 Å². The fourth-order valence-corrected chi connectivity index (χ4v) is 4.22. The lowest BCUT2D eigenvalue weighted by Crippen LogP contribution is -2.48. The molecular weight excluding hydrogens is 436 g/mol. The number of alkyl carbamates (subject to hydrolysis) is 1. The Labute approximate surface area is 196 Å². The SMILES string of the molecule is CC(NC(=O)C(CCC(=O)O)NC(=O)OCC1c2ccccc2-c2ccccc21)c1ncc[nH]1. The Bertz CT molecular complexity index is 1130. The third-order valence-corrected chi connectivity index (χ3v) is 5.89. The van der Waals surface area contributed by atoms with Gasteiger partial charge in [0, 0.05) is 24.7 Å². The van der Waals surface area contributed by atoms with Crippen LogP contribution in [-0.4, -0.2) is 45.7 Å². The number of aliphatic carboxylic acids is 1. The largest absolute Gasteiger partial charge is 0.481 e. The maximum atomic E-state index is 12.8. The zero-order valence-corrected chi connectivity index (χ0v) is 18.7. The molecule has 4 N–H and O–H groups in total. The van der Waals surface area contributed by atoms with Gasteiger partial charge in [0.1, 0.15) is 18.5 Å². The number of aromatic nitrogens is 2. The van der Waals surface area contributed by atoms with E-state index in [9.17, 15) is 14.4 Å². The quantitative estimate of drug-likeness (QED) is 0.385. The Hall–Kier alpha value is -4.14. The van der Waals surface area contributed by atoms with Crippen molar-refractivity contribution >= 4 is 18.0 Å². The summed E-state index contributed by atoms with van der Waals surface area (Å²) in [4.78, 5) is 43.5. The molecule has 0 fully saturated rings. The molecule has 2 aromatic carbocycles. The number of carboxylic acids is 1. The van der Waals surface area contributed by atoms with E-state index in [2.05, 4.69) is 20.6 Å². The van der Waals surface area contributed by atoms with Crippen molar-refractivity contribution in [3.05, 3.63) is 77.9 Å². The monoisotopic (exact) mass is 462 g/mol. The van der Waals surface area contributed by atoms with Gasteiger partial charge in [-0.05, 0) is 35.6 Å². The number of carbonyl (C=O) groups is 3. The highest BCUT2D eigenvalue weighted by atomic mass is 16.5. The number of ether oxygens (including phenoxy) is 1. The molecule has 34 heavy (non-hydrogen) atoms. The Morgan fingerprint density at radius 1 is 1.06 bits per heavy atom. The molecule has 9 heteroatoms. The highest BCUT2D eigenvalue weighted by Gasteiger charge is 2.30. The third kappa shape index (κ3) is 5.09. The lowest BCUT2D eigenvalue weighted by molar-refractivity contribution is -0.137. The molecule has 176 valence electrons. The average Bonchev–Trinajstić information content (AvgIpc) is 3.47. The van der Waals surface area contributed by atoms with Crippen LogP contribution >= 0.6 is 0 Å². The highest BCUT2D eigenvalue weighted by Crippen LogP contribution is 2.44. The molecule has 2 unspecified atom stereocenters. The lowest BCUT2D eigenvalue weighted by atomic mass is 9.98. The second kappa shape index (κ2) is 10.2. The summed E-state index contributed by atoms with van der Waals surface area (Å²) in [6.07, 6.45) is 2.06. The van der Waals surface area contributed by atoms with Gasteiger partial charge in [0.25, 0.3) is 0 Å². The topological polar surface area (TPSA) is 133 Å². The van der Waals surface area contributed by atoms with Crippen molar-refractivity contribution in [3.8, 4) is 11.1 Å². The number of hydrogen-bond donors (Lipinski definition) is 4. The predicted octanol–water partition coefficient (Wildman–Crippen LogP) is 3.36. The summed E-state index contributed by atoms with van der Waals surface area (Å²) >= 11 is 0. The van der Waals surface area contributed by atoms with Gasteiger partial charge >= 0.3 is 12.1 Å². The first-order valence-electron chi connectivity index (χ1n) is 11.1. The van der Waals surface area contributed by atoms with Crippen LogP contribution in [0.1, 0.15) is 48.7 Å². The number of rotatable bonds is 9. The van der Waals surface area contributed by atoms with Crippen molar-refractivity contribution in [2.24, 2.45) is 0 Å². The predicted molar refractivity (Wildman–Crippen MR) is 124 cm³/mol. The molecule has 2 amide bonds. The molecule has 0 saturated heterocycles. The number of benzene rings is 2. The first-order valence-corrected chi connectivity index (χ1v) is 11.1. The van der Waals surface area contributed by atoms with Gasteiger partial charge in [0.2, 0.25) is 5.91 Å². The molecule has 4 rings (SSSR count). The second-order valence-electron chi connectivity index (χ2n) is 8.16. The van der Waals surface area contributed by atoms with Crippen molar-refractivity contribution in [3.63, 3.8) is 0 Å². The van der Waals surface area contributed by atoms with Crippen LogP contribution in [-0.2, 0) is 14.3 Å². The molecule has 0 saturated carbocycles. The standard InChI is InChI=1S/C25H26N4O5/c1-15(23-26-12-13-27-23)28-24(32)21(10-11-22(30)31)29-25(33)34-14-20-18-8-4-2-6-16(18)17-7-3-5-9-19(17)20/h2-9,12-13,15,20-21H,10-11,14H2,1H3,(H,26,27)(H,28,32)(H,29,33)(H,30,31). The molecule has 1 aliphatic carbocycles. The van der Waals surface area contributed by atoms with E-state index in [1.54, 1.807) is 19.3 Å². The molecule has 2 atom stereocenters. The van der Waals surface area contributed by atoms with Gasteiger partial charge in [-0.2, -0.15) is 0 Å². The van der Waals surface area contributed by atoms with Crippen LogP contribution in [0.25, 0.3) is 11.1 Å². The Balaban J connectivity index is 1.41. The number of fused-ring (bicyclic) bond motifs is 3. The summed E-state index contributed by atoms with van der Waals surface area (Å²) in [5.74, 6) is -1.15. The van der Waals surface area contributed by atoms with E-state index >= 15 is 0 Å². The number of carbonyl (C=O) groups excluding carboxylic acids is 2. The summed E-state index contributed by atoms with van der Waals surface area (Å²) in [5, 5.41) is 14.3. The zero-order valence-electron chi connectivity index (χ0n) is 18.7. The van der Waals surface area contributed by atoms with Crippen LogP contribution in [0.15, 0.2) is 60.9 Å². The minimum Gasteiger partial charge on any atom is -0.481 e. The van der Waals surface area contributed by atoms with Gasteiger partial charge in [-0.25, -0.2) is 9.78 Å². The number of hydrogen-bond acceptors (Lipinski definition) is 5. The molecule has 3 aromatic rings. The third-order valence-electron chi connectivity index (χ3n) is 5.89. The minimum absolute atomic E-state index is 0.0732. The zero-order chi connectivity index (χ0) is 24.1. The maximum absolute atomic E-state index is 12.8. The first-order chi connectivity index (χ1) is 16.4. The average molecular weight is 463 g/mol. The van der Waals surface area contributed by atoms with E-state index in [1.807, 2.05) is 48.5 Å². The molecule has 1 aromatic heterocycles. The molecule has 0 aliphatic heterocycles. The fourth-order valence-electron chi connectivity index (χ4n) is 4.22. The van der Waals surface area contributed by atoms with Crippen molar-refractivity contribution < 1.29 is 24.2 Å². The molecule has 1 heterocycles. The van der Waals surface area contributed by atoms with Crippen LogP contribution in [0.3, 0.4) is 0 Å². The molecule has 0 spiro atoms. The van der Waals surface area contributed by atoms with Gasteiger partial charge in [0.15, 0.2) is 0 Å². The van der Waals surface area contributed by atoms with Crippen LogP contribution in [0.4, 0.5) is 4.79 Å². The number of aromatic amines is 1. The summed E-state index contributed by atoms with van der Waals surface area (Å²) in [5.41, 5.74) is 4.36. The number of carboxylic acid groups (broad SMARTS) is 1. The summed E-state index contributed by atoms with van der Waals surface area (Å²) in [6.45, 7) is 1.83. The van der Waals surface area contributed by atoms with E-state index in [1.165, 1.54) is 0 Å². The molecule has 1 aliphatic rings. The molecular formula is C25H26N4O5. The maximum Gasteiger partial charge on any atom is 0.407 e. The number of amides is 2. The normalized spacial score (nSPS) is 13.9. The van der Waals surface area contributed by atoms with E-state index in [0.717, 1.165) is 22.3 Å². The number of H-pyrrole nitrogens is 1. The summed E-state index contributed by atoms with van der Waals surface area (Å²) < 4.78 is 5.51. The Morgan fingerprint density at radius 2 is 1.71 bits per heavy atom. The number of nitrogens with zero attached hydrogens (tertiary/aromatic N) is 1. The first kappa shape index (κ1) is 23.0. The smallest absolute Gasteiger partial charge is 0.407 e. The van der Waals surface area contributed by atoms with Gasteiger partial charge in [0.05, 0.1) is 6.04 Å². The van der Waals surface area contributed by atoms with Crippen molar-refractivity contribution in [1.29, 1.82) is 0 Å². The van der Waals surface area contributed by atoms with Crippen LogP contribution in [0.5, 0.6) is 0 Å². The summed E-state index contributed by atoms with van der Waals surface area (Å²) in [6, 6.07) is 14.4. The molecule has 9 nitrogen and oxygen atoms in total. The van der Waals surface area contributed by atoms with E-state index in [0.29, 0.717) is 5.82 Å². The van der Waals surface area contributed by atoms with Gasteiger partial charge in [-0.1, -0.05) is 48.5 Å². The van der Waals surface area contributed by atoms with Gasteiger partial charge in [-0.15, -0.1) is 0 Å². The van der Waals surface area contributed by atoms with E-state index in [4.69, 9.17) is 9.84 Å². The van der Waals surface area contributed by atoms with E-state index in [-0.39, 0.29) is 25.4 Å². The van der Waals surface area contributed by atoms with Gasteiger partial charge < -0.3 is 25.5 Å². The number of nitrogens with one attached hydrogen (secondary N) is 3. The van der Waals surface area contributed by atoms with E-state index < -0.39 is 30.1 Å². The molecule has 0 radical (unpaired) electrons.